The Kier molecular flexibility index (Phi) is 5.06. The summed E-state index contributed by atoms with van der Waals surface area (Å²) in [5.41, 5.74) is 6.82. The van der Waals surface area contributed by atoms with Gasteiger partial charge in [-0.1, -0.05) is 12.8 Å². The average Bonchev–Trinajstić information content (AvgIpc) is 2.59. The van der Waals surface area contributed by atoms with Crippen LogP contribution in [0.2, 0.25) is 0 Å². The summed E-state index contributed by atoms with van der Waals surface area (Å²) in [5.74, 6) is 0. The topological polar surface area (TPSA) is 81.2 Å². The normalized spacial score (nSPS) is 21.4. The van der Waals surface area contributed by atoms with E-state index in [9.17, 15) is 8.42 Å². The zero-order chi connectivity index (χ0) is 15.6. The molecule has 1 atom stereocenters. The molecule has 0 spiro atoms. The Balaban J connectivity index is 2.43. The molecule has 1 aromatic heterocycles. The zero-order valence-corrected chi connectivity index (χ0v) is 14.0. The molecule has 0 radical (unpaired) electrons. The van der Waals surface area contributed by atoms with Gasteiger partial charge in [0, 0.05) is 19.1 Å². The van der Waals surface area contributed by atoms with Gasteiger partial charge in [0.2, 0.25) is 10.0 Å². The Morgan fingerprint density at radius 2 is 2.00 bits per heavy atom. The molecule has 6 nitrogen and oxygen atoms in total. The van der Waals surface area contributed by atoms with Gasteiger partial charge in [-0.3, -0.25) is 4.68 Å². The quantitative estimate of drug-likeness (QED) is 0.911. The van der Waals surface area contributed by atoms with Crippen molar-refractivity contribution in [3.05, 3.63) is 11.4 Å². The number of hydrogen-bond acceptors (Lipinski definition) is 4. The molecule has 1 aliphatic rings. The van der Waals surface area contributed by atoms with Crippen molar-refractivity contribution in [3.8, 4) is 0 Å². The van der Waals surface area contributed by atoms with Gasteiger partial charge in [0.15, 0.2) is 0 Å². The van der Waals surface area contributed by atoms with Gasteiger partial charge in [-0.2, -0.15) is 9.40 Å². The molecule has 21 heavy (non-hydrogen) atoms. The van der Waals surface area contributed by atoms with Crippen LogP contribution >= 0.6 is 0 Å². The Morgan fingerprint density at radius 3 is 2.67 bits per heavy atom. The molecule has 0 amide bonds. The maximum Gasteiger partial charge on any atom is 0.246 e. The molecule has 1 aromatic rings. The molecule has 2 heterocycles. The number of nitrogens with zero attached hydrogens (tertiary/aromatic N) is 3. The summed E-state index contributed by atoms with van der Waals surface area (Å²) in [6.45, 7) is 7.15. The SMILES string of the molecule is Cc1nn(CCN)c(C)c1S(=O)(=O)N1CCCCCC1C. The fourth-order valence-electron chi connectivity index (χ4n) is 3.12. The Labute approximate surface area is 127 Å². The third-order valence-electron chi connectivity index (χ3n) is 4.21. The maximum atomic E-state index is 13.1. The monoisotopic (exact) mass is 314 g/mol. The van der Waals surface area contributed by atoms with Crippen LogP contribution in [0.15, 0.2) is 4.90 Å². The zero-order valence-electron chi connectivity index (χ0n) is 13.2. The van der Waals surface area contributed by atoms with E-state index in [1.165, 1.54) is 0 Å². The molecule has 2 rings (SSSR count). The van der Waals surface area contributed by atoms with Crippen molar-refractivity contribution >= 4 is 10.0 Å². The van der Waals surface area contributed by atoms with E-state index in [1.807, 2.05) is 13.8 Å². The number of aryl methyl sites for hydroxylation is 1. The fraction of sp³-hybridized carbons (Fsp3) is 0.786. The smallest absolute Gasteiger partial charge is 0.246 e. The Morgan fingerprint density at radius 1 is 1.29 bits per heavy atom. The minimum absolute atomic E-state index is 0.0501. The third-order valence-corrected chi connectivity index (χ3v) is 6.48. The summed E-state index contributed by atoms with van der Waals surface area (Å²) >= 11 is 0. The van der Waals surface area contributed by atoms with Gasteiger partial charge in [0.1, 0.15) is 4.90 Å². The van der Waals surface area contributed by atoms with Gasteiger partial charge >= 0.3 is 0 Å². The summed E-state index contributed by atoms with van der Waals surface area (Å²) in [6.07, 6.45) is 4.05. The first-order valence-corrected chi connectivity index (χ1v) is 9.09. The largest absolute Gasteiger partial charge is 0.329 e. The minimum Gasteiger partial charge on any atom is -0.329 e. The molecular weight excluding hydrogens is 288 g/mol. The van der Waals surface area contributed by atoms with Crippen molar-refractivity contribution in [1.82, 2.24) is 14.1 Å². The summed E-state index contributed by atoms with van der Waals surface area (Å²) < 4.78 is 29.5. The van der Waals surface area contributed by atoms with Gasteiger partial charge in [-0.15, -0.1) is 0 Å². The van der Waals surface area contributed by atoms with E-state index in [2.05, 4.69) is 5.10 Å². The first-order valence-electron chi connectivity index (χ1n) is 7.65. The van der Waals surface area contributed by atoms with Gasteiger partial charge in [0.05, 0.1) is 17.9 Å². The van der Waals surface area contributed by atoms with Crippen LogP contribution in [0, 0.1) is 13.8 Å². The van der Waals surface area contributed by atoms with Crippen LogP contribution in [0.1, 0.15) is 44.0 Å². The second-order valence-electron chi connectivity index (χ2n) is 5.83. The molecule has 0 saturated carbocycles. The lowest BCUT2D eigenvalue weighted by molar-refractivity contribution is 0.341. The van der Waals surface area contributed by atoms with Crippen LogP contribution in [-0.4, -0.2) is 41.6 Å². The van der Waals surface area contributed by atoms with Gasteiger partial charge < -0.3 is 5.73 Å². The average molecular weight is 314 g/mol. The summed E-state index contributed by atoms with van der Waals surface area (Å²) in [4.78, 5) is 0.365. The summed E-state index contributed by atoms with van der Waals surface area (Å²) in [6, 6.07) is 0.0501. The minimum atomic E-state index is -3.48. The lowest BCUT2D eigenvalue weighted by atomic mass is 10.1. The summed E-state index contributed by atoms with van der Waals surface area (Å²) in [5, 5.41) is 4.34. The lowest BCUT2D eigenvalue weighted by Gasteiger charge is -2.26. The van der Waals surface area contributed by atoms with E-state index >= 15 is 0 Å². The van der Waals surface area contributed by atoms with Crippen LogP contribution in [0.4, 0.5) is 0 Å². The third kappa shape index (κ3) is 3.14. The molecular formula is C14H26N4O2S. The van der Waals surface area contributed by atoms with Gasteiger partial charge in [-0.25, -0.2) is 8.42 Å². The number of aromatic nitrogens is 2. The number of sulfonamides is 1. The molecule has 0 aliphatic carbocycles. The highest BCUT2D eigenvalue weighted by Gasteiger charge is 2.34. The van der Waals surface area contributed by atoms with Gasteiger partial charge in [0.25, 0.3) is 0 Å². The van der Waals surface area contributed by atoms with Crippen LogP contribution in [0.25, 0.3) is 0 Å². The second-order valence-corrected chi connectivity index (χ2v) is 7.65. The first-order chi connectivity index (χ1) is 9.89. The molecule has 120 valence electrons. The fourth-order valence-corrected chi connectivity index (χ4v) is 5.19. The van der Waals surface area contributed by atoms with Crippen LogP contribution < -0.4 is 5.73 Å². The van der Waals surface area contributed by atoms with Crippen LogP contribution in [0.3, 0.4) is 0 Å². The lowest BCUT2D eigenvalue weighted by Crippen LogP contribution is -2.38. The van der Waals surface area contributed by atoms with E-state index < -0.39 is 10.0 Å². The first kappa shape index (κ1) is 16.5. The highest BCUT2D eigenvalue weighted by atomic mass is 32.2. The van der Waals surface area contributed by atoms with Crippen molar-refractivity contribution in [1.29, 1.82) is 0 Å². The predicted octanol–water partition coefficient (Wildman–Crippen LogP) is 1.41. The van der Waals surface area contributed by atoms with Crippen molar-refractivity contribution in [2.45, 2.75) is 63.9 Å². The van der Waals surface area contributed by atoms with Crippen molar-refractivity contribution < 1.29 is 8.42 Å². The molecule has 7 heteroatoms. The van der Waals surface area contributed by atoms with Gasteiger partial charge in [-0.05, 0) is 33.6 Å². The molecule has 1 fully saturated rings. The number of nitrogens with two attached hydrogens (primary N) is 1. The highest BCUT2D eigenvalue weighted by molar-refractivity contribution is 7.89. The van der Waals surface area contributed by atoms with Crippen molar-refractivity contribution in [3.63, 3.8) is 0 Å². The number of hydrogen-bond donors (Lipinski definition) is 1. The Bertz CT molecular complexity index is 594. The van der Waals surface area contributed by atoms with E-state index in [4.69, 9.17) is 5.73 Å². The molecule has 2 N–H and O–H groups in total. The molecule has 0 bridgehead atoms. The standard InChI is InChI=1S/C14H26N4O2S/c1-11-7-5-4-6-9-18(11)21(19,20)14-12(2)16-17(10-8-15)13(14)3/h11H,4-10,15H2,1-3H3. The van der Waals surface area contributed by atoms with E-state index in [0.717, 1.165) is 25.7 Å². The molecule has 1 aliphatic heterocycles. The molecule has 1 unspecified atom stereocenters. The molecule has 0 aromatic carbocycles. The van der Waals surface area contributed by atoms with Crippen LogP contribution in [-0.2, 0) is 16.6 Å². The predicted molar refractivity (Wildman–Crippen MR) is 82.6 cm³/mol. The number of rotatable bonds is 4. The highest BCUT2D eigenvalue weighted by Crippen LogP contribution is 2.28. The van der Waals surface area contributed by atoms with E-state index in [1.54, 1.807) is 15.9 Å². The van der Waals surface area contributed by atoms with Crippen molar-refractivity contribution in [2.24, 2.45) is 5.73 Å². The van der Waals surface area contributed by atoms with E-state index in [-0.39, 0.29) is 6.04 Å². The Hall–Kier alpha value is -0.920. The molecule has 1 saturated heterocycles. The maximum absolute atomic E-state index is 13.1. The van der Waals surface area contributed by atoms with Crippen LogP contribution in [0.5, 0.6) is 0 Å². The second kappa shape index (κ2) is 6.46. The van der Waals surface area contributed by atoms with Crippen molar-refractivity contribution in [2.75, 3.05) is 13.1 Å². The summed E-state index contributed by atoms with van der Waals surface area (Å²) in [7, 11) is -3.48. The van der Waals surface area contributed by atoms with E-state index in [0.29, 0.717) is 35.9 Å².